The lowest BCUT2D eigenvalue weighted by Crippen LogP contribution is -2.33. The molecule has 2 heterocycles. The molecule has 0 radical (unpaired) electrons. The third-order valence-corrected chi connectivity index (χ3v) is 5.06. The molecular weight excluding hydrogens is 355 g/mol. The maximum absolute atomic E-state index is 13.2. The van der Waals surface area contributed by atoms with Gasteiger partial charge in [-0.15, -0.1) is 0 Å². The lowest BCUT2D eigenvalue weighted by molar-refractivity contribution is -0.117. The van der Waals surface area contributed by atoms with Gasteiger partial charge in [-0.3, -0.25) is 9.69 Å². The minimum atomic E-state index is -0.306. The van der Waals surface area contributed by atoms with E-state index in [4.69, 9.17) is 0 Å². The van der Waals surface area contributed by atoms with Crippen molar-refractivity contribution in [3.8, 4) is 5.69 Å². The van der Waals surface area contributed by atoms with Gasteiger partial charge in [-0.25, -0.2) is 9.07 Å². The first-order valence-corrected chi connectivity index (χ1v) is 9.51. The van der Waals surface area contributed by atoms with E-state index in [2.05, 4.69) is 27.4 Å². The third kappa shape index (κ3) is 3.97. The number of amides is 1. The van der Waals surface area contributed by atoms with Gasteiger partial charge in [0.15, 0.2) is 0 Å². The van der Waals surface area contributed by atoms with E-state index < -0.39 is 0 Å². The van der Waals surface area contributed by atoms with Crippen LogP contribution in [0.5, 0.6) is 0 Å². The topological polar surface area (TPSA) is 50.2 Å². The van der Waals surface area contributed by atoms with Crippen LogP contribution in [-0.4, -0.2) is 33.7 Å². The number of hydrogen-bond acceptors (Lipinski definition) is 3. The molecule has 0 spiro atoms. The van der Waals surface area contributed by atoms with E-state index in [1.54, 1.807) is 16.8 Å². The standard InChI is InChI=1S/C22H23FN4O/c1-16-14-21(27(25-16)19-11-9-18(23)10-12-19)24-22(28)15-26-13-5-8-20(26)17-6-3-2-4-7-17/h2-4,6-7,9-12,14,20H,5,8,13,15H2,1H3,(H,24,28)/t20-/m1/s1. The van der Waals surface area contributed by atoms with Crippen molar-refractivity contribution in [3.63, 3.8) is 0 Å². The summed E-state index contributed by atoms with van der Waals surface area (Å²) in [7, 11) is 0. The zero-order valence-electron chi connectivity index (χ0n) is 15.8. The summed E-state index contributed by atoms with van der Waals surface area (Å²) in [5.74, 6) is 0.204. The van der Waals surface area contributed by atoms with E-state index in [1.165, 1.54) is 17.7 Å². The Morgan fingerprint density at radius 1 is 1.18 bits per heavy atom. The van der Waals surface area contributed by atoms with Crippen molar-refractivity contribution >= 4 is 11.7 Å². The summed E-state index contributed by atoms with van der Waals surface area (Å²) in [4.78, 5) is 15.0. The highest BCUT2D eigenvalue weighted by atomic mass is 19.1. The van der Waals surface area contributed by atoms with Crippen molar-refractivity contribution in [1.82, 2.24) is 14.7 Å². The maximum Gasteiger partial charge on any atom is 0.239 e. The van der Waals surface area contributed by atoms with Gasteiger partial charge in [0.25, 0.3) is 0 Å². The molecule has 0 unspecified atom stereocenters. The number of likely N-dealkylation sites (tertiary alicyclic amines) is 1. The van der Waals surface area contributed by atoms with Crippen LogP contribution in [-0.2, 0) is 4.79 Å². The fraction of sp³-hybridized carbons (Fsp3) is 0.273. The van der Waals surface area contributed by atoms with Crippen LogP contribution >= 0.6 is 0 Å². The molecule has 6 heteroatoms. The van der Waals surface area contributed by atoms with Crippen molar-refractivity contribution in [3.05, 3.63) is 77.7 Å². The number of rotatable bonds is 5. The molecule has 1 aromatic heterocycles. The summed E-state index contributed by atoms with van der Waals surface area (Å²) < 4.78 is 14.8. The second-order valence-corrected chi connectivity index (χ2v) is 7.15. The van der Waals surface area contributed by atoms with Gasteiger partial charge in [0.2, 0.25) is 5.91 Å². The van der Waals surface area contributed by atoms with E-state index in [0.29, 0.717) is 18.1 Å². The van der Waals surface area contributed by atoms with Crippen molar-refractivity contribution in [2.24, 2.45) is 0 Å². The summed E-state index contributed by atoms with van der Waals surface area (Å²) in [6.45, 7) is 3.10. The van der Waals surface area contributed by atoms with Gasteiger partial charge in [0.05, 0.1) is 17.9 Å². The van der Waals surface area contributed by atoms with Crippen LogP contribution in [0.3, 0.4) is 0 Å². The minimum absolute atomic E-state index is 0.0777. The molecule has 4 rings (SSSR count). The van der Waals surface area contributed by atoms with Gasteiger partial charge >= 0.3 is 0 Å². The van der Waals surface area contributed by atoms with E-state index in [9.17, 15) is 9.18 Å². The Bertz CT molecular complexity index is 952. The molecule has 0 aliphatic carbocycles. The Hall–Kier alpha value is -2.99. The average molecular weight is 378 g/mol. The molecular formula is C22H23FN4O. The van der Waals surface area contributed by atoms with Crippen molar-refractivity contribution < 1.29 is 9.18 Å². The molecule has 1 N–H and O–H groups in total. The van der Waals surface area contributed by atoms with Crippen molar-refractivity contribution in [2.75, 3.05) is 18.4 Å². The summed E-state index contributed by atoms with van der Waals surface area (Å²) in [6, 6.07) is 18.5. The van der Waals surface area contributed by atoms with Crippen molar-refractivity contribution in [2.45, 2.75) is 25.8 Å². The summed E-state index contributed by atoms with van der Waals surface area (Å²) in [5.41, 5.74) is 2.73. The quantitative estimate of drug-likeness (QED) is 0.727. The molecule has 1 saturated heterocycles. The summed E-state index contributed by atoms with van der Waals surface area (Å²) in [6.07, 6.45) is 2.14. The largest absolute Gasteiger partial charge is 0.309 e. The van der Waals surface area contributed by atoms with E-state index in [-0.39, 0.29) is 17.8 Å². The third-order valence-electron chi connectivity index (χ3n) is 5.06. The molecule has 1 aliphatic rings. The Labute approximate surface area is 163 Å². The number of nitrogens with zero attached hydrogens (tertiary/aromatic N) is 3. The Morgan fingerprint density at radius 3 is 2.68 bits per heavy atom. The Balaban J connectivity index is 1.48. The van der Waals surface area contributed by atoms with Crippen LogP contribution in [0.15, 0.2) is 60.7 Å². The fourth-order valence-corrected chi connectivity index (χ4v) is 3.80. The molecule has 1 aliphatic heterocycles. The van der Waals surface area contributed by atoms with Crippen LogP contribution in [0.2, 0.25) is 0 Å². The van der Waals surface area contributed by atoms with Gasteiger partial charge in [0.1, 0.15) is 11.6 Å². The van der Waals surface area contributed by atoms with Gasteiger partial charge in [0, 0.05) is 12.1 Å². The normalized spacial score (nSPS) is 17.0. The van der Waals surface area contributed by atoms with Crippen molar-refractivity contribution in [1.29, 1.82) is 0 Å². The van der Waals surface area contributed by atoms with Gasteiger partial charge in [-0.1, -0.05) is 30.3 Å². The first kappa shape index (κ1) is 18.4. The lowest BCUT2D eigenvalue weighted by Gasteiger charge is -2.24. The number of aromatic nitrogens is 2. The molecule has 28 heavy (non-hydrogen) atoms. The van der Waals surface area contributed by atoms with Crippen LogP contribution in [0.1, 0.15) is 30.1 Å². The minimum Gasteiger partial charge on any atom is -0.309 e. The first-order chi connectivity index (χ1) is 13.6. The van der Waals surface area contributed by atoms with Crippen LogP contribution in [0, 0.1) is 12.7 Å². The van der Waals surface area contributed by atoms with Crippen LogP contribution in [0.4, 0.5) is 10.2 Å². The molecule has 2 aromatic carbocycles. The zero-order valence-corrected chi connectivity index (χ0v) is 15.8. The molecule has 1 atom stereocenters. The molecule has 5 nitrogen and oxygen atoms in total. The van der Waals surface area contributed by atoms with E-state index >= 15 is 0 Å². The molecule has 1 fully saturated rings. The fourth-order valence-electron chi connectivity index (χ4n) is 3.80. The molecule has 144 valence electrons. The predicted octanol–water partition coefficient (Wildman–Crippen LogP) is 4.10. The van der Waals surface area contributed by atoms with E-state index in [0.717, 1.165) is 25.1 Å². The Kier molecular flexibility index (Phi) is 5.21. The number of halogens is 1. The Morgan fingerprint density at radius 2 is 1.93 bits per heavy atom. The molecule has 1 amide bonds. The van der Waals surface area contributed by atoms with E-state index in [1.807, 2.05) is 31.2 Å². The number of carbonyl (C=O) groups is 1. The summed E-state index contributed by atoms with van der Waals surface area (Å²) >= 11 is 0. The highest BCUT2D eigenvalue weighted by molar-refractivity contribution is 5.91. The first-order valence-electron chi connectivity index (χ1n) is 9.51. The second-order valence-electron chi connectivity index (χ2n) is 7.15. The zero-order chi connectivity index (χ0) is 19.5. The molecule has 3 aromatic rings. The monoisotopic (exact) mass is 378 g/mol. The summed E-state index contributed by atoms with van der Waals surface area (Å²) in [5, 5.41) is 7.39. The number of anilines is 1. The highest BCUT2D eigenvalue weighted by Gasteiger charge is 2.27. The van der Waals surface area contributed by atoms with Gasteiger partial charge < -0.3 is 5.32 Å². The van der Waals surface area contributed by atoms with Crippen LogP contribution < -0.4 is 5.32 Å². The van der Waals surface area contributed by atoms with Gasteiger partial charge in [-0.05, 0) is 56.1 Å². The average Bonchev–Trinajstić information content (AvgIpc) is 3.29. The lowest BCUT2D eigenvalue weighted by atomic mass is 10.0. The number of nitrogens with one attached hydrogen (secondary N) is 1. The van der Waals surface area contributed by atoms with Crippen LogP contribution in [0.25, 0.3) is 5.69 Å². The molecule has 0 bridgehead atoms. The number of aryl methyl sites for hydroxylation is 1. The SMILES string of the molecule is Cc1cc(NC(=O)CN2CCC[C@@H]2c2ccccc2)n(-c2ccc(F)cc2)n1. The maximum atomic E-state index is 13.2. The number of hydrogen-bond donors (Lipinski definition) is 1. The van der Waals surface area contributed by atoms with Gasteiger partial charge in [-0.2, -0.15) is 5.10 Å². The number of benzene rings is 2. The number of carbonyl (C=O) groups excluding carboxylic acids is 1. The molecule has 0 saturated carbocycles. The highest BCUT2D eigenvalue weighted by Crippen LogP contribution is 2.31. The smallest absolute Gasteiger partial charge is 0.239 e. The predicted molar refractivity (Wildman–Crippen MR) is 107 cm³/mol. The second kappa shape index (κ2) is 7.94.